The van der Waals surface area contributed by atoms with Gasteiger partial charge in [0.1, 0.15) is 5.82 Å². The van der Waals surface area contributed by atoms with Crippen molar-refractivity contribution in [1.29, 1.82) is 0 Å². The second kappa shape index (κ2) is 6.29. The Kier molecular flexibility index (Phi) is 4.30. The lowest BCUT2D eigenvalue weighted by Crippen LogP contribution is -1.96. The molecule has 0 fully saturated rings. The van der Waals surface area contributed by atoms with Crippen LogP contribution in [0.25, 0.3) is 17.2 Å². The molecule has 1 aliphatic rings. The van der Waals surface area contributed by atoms with E-state index in [2.05, 4.69) is 0 Å². The van der Waals surface area contributed by atoms with Crippen molar-refractivity contribution in [1.82, 2.24) is 0 Å². The Balaban J connectivity index is 2.03. The molecular formula is C19H15FO4S. The van der Waals surface area contributed by atoms with E-state index in [-0.39, 0.29) is 11.3 Å². The number of rotatable bonds is 4. The van der Waals surface area contributed by atoms with Crippen molar-refractivity contribution in [3.05, 3.63) is 71.0 Å². The molecule has 25 heavy (non-hydrogen) atoms. The van der Waals surface area contributed by atoms with Crippen LogP contribution in [-0.4, -0.2) is 25.7 Å². The summed E-state index contributed by atoms with van der Waals surface area (Å²) in [6, 6.07) is 10.7. The lowest BCUT2D eigenvalue weighted by molar-refractivity contribution is -0.135. The molecule has 2 aromatic rings. The first-order valence-electron chi connectivity index (χ1n) is 7.48. The van der Waals surface area contributed by atoms with Crippen LogP contribution < -0.4 is 0 Å². The van der Waals surface area contributed by atoms with E-state index in [9.17, 15) is 17.6 Å². The van der Waals surface area contributed by atoms with Gasteiger partial charge >= 0.3 is 5.97 Å². The molecule has 0 unspecified atom stereocenters. The fourth-order valence-electron chi connectivity index (χ4n) is 2.80. The average molecular weight is 358 g/mol. The molecule has 3 rings (SSSR count). The highest BCUT2D eigenvalue weighted by molar-refractivity contribution is 7.90. The Morgan fingerprint density at radius 1 is 1.12 bits per heavy atom. The molecule has 4 nitrogen and oxygen atoms in total. The summed E-state index contributed by atoms with van der Waals surface area (Å²) < 4.78 is 36.6. The van der Waals surface area contributed by atoms with Crippen molar-refractivity contribution in [2.24, 2.45) is 0 Å². The smallest absolute Gasteiger partial charge is 0.307 e. The van der Waals surface area contributed by atoms with Gasteiger partial charge in [-0.2, -0.15) is 0 Å². The summed E-state index contributed by atoms with van der Waals surface area (Å²) in [5, 5.41) is 9.04. The van der Waals surface area contributed by atoms with Crippen LogP contribution in [0, 0.1) is 5.82 Å². The summed E-state index contributed by atoms with van der Waals surface area (Å²) in [7, 11) is -3.26. The Hall–Kier alpha value is -2.73. The van der Waals surface area contributed by atoms with Gasteiger partial charge in [0.05, 0.1) is 11.3 Å². The first kappa shape index (κ1) is 17.1. The molecular weight excluding hydrogens is 343 g/mol. The highest BCUT2D eigenvalue weighted by Crippen LogP contribution is 2.38. The Labute approximate surface area is 144 Å². The van der Waals surface area contributed by atoms with Crippen LogP contribution in [0.4, 0.5) is 4.39 Å². The van der Waals surface area contributed by atoms with E-state index in [0.29, 0.717) is 11.1 Å². The minimum atomic E-state index is -3.26. The summed E-state index contributed by atoms with van der Waals surface area (Å²) in [5.74, 6) is -1.41. The number of hydrogen-bond donors (Lipinski definition) is 1. The molecule has 0 amide bonds. The van der Waals surface area contributed by atoms with Crippen LogP contribution in [-0.2, 0) is 14.6 Å². The van der Waals surface area contributed by atoms with Crippen LogP contribution in [0.2, 0.25) is 0 Å². The molecule has 0 aromatic heterocycles. The van der Waals surface area contributed by atoms with Crippen LogP contribution in [0.3, 0.4) is 0 Å². The number of hydrogen-bond acceptors (Lipinski definition) is 3. The van der Waals surface area contributed by atoms with Gasteiger partial charge in [-0.1, -0.05) is 18.2 Å². The van der Waals surface area contributed by atoms with Gasteiger partial charge in [0, 0.05) is 6.26 Å². The summed E-state index contributed by atoms with van der Waals surface area (Å²) in [6.45, 7) is 0. The van der Waals surface area contributed by atoms with E-state index in [1.807, 2.05) is 6.08 Å². The van der Waals surface area contributed by atoms with Crippen molar-refractivity contribution in [2.45, 2.75) is 11.3 Å². The molecule has 0 atom stereocenters. The zero-order valence-corrected chi connectivity index (χ0v) is 14.2. The fraction of sp³-hybridized carbons (Fsp3) is 0.105. The summed E-state index contributed by atoms with van der Waals surface area (Å²) in [6.07, 6.45) is 4.49. The number of allylic oxidation sites excluding steroid dienone is 2. The normalized spacial score (nSPS) is 15.1. The van der Waals surface area contributed by atoms with E-state index in [0.717, 1.165) is 23.0 Å². The van der Waals surface area contributed by atoms with Gasteiger partial charge in [0.15, 0.2) is 9.84 Å². The minimum absolute atomic E-state index is 0.194. The van der Waals surface area contributed by atoms with Gasteiger partial charge in [0.25, 0.3) is 0 Å². The van der Waals surface area contributed by atoms with Gasteiger partial charge in [0.2, 0.25) is 0 Å². The van der Waals surface area contributed by atoms with Gasteiger partial charge in [-0.25, -0.2) is 12.8 Å². The quantitative estimate of drug-likeness (QED) is 0.906. The second-order valence-electron chi connectivity index (χ2n) is 5.87. The van der Waals surface area contributed by atoms with Gasteiger partial charge < -0.3 is 5.11 Å². The zero-order valence-electron chi connectivity index (χ0n) is 13.4. The van der Waals surface area contributed by atoms with Gasteiger partial charge in [-0.05, 0) is 64.3 Å². The van der Waals surface area contributed by atoms with Crippen molar-refractivity contribution >= 4 is 33.0 Å². The fourth-order valence-corrected chi connectivity index (χ4v) is 3.43. The molecule has 0 spiro atoms. The maximum atomic E-state index is 13.5. The number of sulfone groups is 1. The zero-order chi connectivity index (χ0) is 18.2. The van der Waals surface area contributed by atoms with E-state index in [1.54, 1.807) is 24.3 Å². The number of halogens is 1. The summed E-state index contributed by atoms with van der Waals surface area (Å²) >= 11 is 0. The van der Waals surface area contributed by atoms with Crippen molar-refractivity contribution < 1.29 is 22.7 Å². The van der Waals surface area contributed by atoms with E-state index in [1.165, 1.54) is 24.3 Å². The van der Waals surface area contributed by atoms with Crippen LogP contribution >= 0.6 is 0 Å². The number of benzene rings is 2. The average Bonchev–Trinajstić information content (AvgIpc) is 2.83. The molecule has 0 saturated heterocycles. The molecule has 1 aliphatic carbocycles. The Bertz CT molecular complexity index is 1020. The van der Waals surface area contributed by atoms with Gasteiger partial charge in [-0.15, -0.1) is 0 Å². The molecule has 0 heterocycles. The second-order valence-corrected chi connectivity index (χ2v) is 7.89. The molecule has 1 N–H and O–H groups in total. The third-order valence-corrected chi connectivity index (χ3v) is 5.07. The van der Waals surface area contributed by atoms with Crippen molar-refractivity contribution in [3.63, 3.8) is 0 Å². The number of carboxylic acid groups (broad SMARTS) is 1. The third kappa shape index (κ3) is 3.69. The monoisotopic (exact) mass is 358 g/mol. The number of carboxylic acids is 1. The first-order valence-corrected chi connectivity index (χ1v) is 9.38. The summed E-state index contributed by atoms with van der Waals surface area (Å²) in [4.78, 5) is 11.3. The highest BCUT2D eigenvalue weighted by atomic mass is 32.2. The molecule has 0 bridgehead atoms. The van der Waals surface area contributed by atoms with Crippen molar-refractivity contribution in [2.75, 3.05) is 6.26 Å². The molecule has 2 aromatic carbocycles. The van der Waals surface area contributed by atoms with E-state index in [4.69, 9.17) is 5.11 Å². The van der Waals surface area contributed by atoms with Crippen LogP contribution in [0.1, 0.15) is 23.1 Å². The first-order chi connectivity index (χ1) is 11.7. The van der Waals surface area contributed by atoms with Crippen molar-refractivity contribution in [3.8, 4) is 0 Å². The minimum Gasteiger partial charge on any atom is -0.481 e. The Morgan fingerprint density at radius 3 is 2.40 bits per heavy atom. The standard InChI is InChI=1S/C19H15FO4S/c1-25(23,24)16-5-2-12(3-6-16)8-13-9-14(10-19(21)22)18-11-15(20)4-7-17(13)18/h2-9,11H,10H2,1H3,(H,21,22)/b13-8+. The third-order valence-electron chi connectivity index (χ3n) is 3.94. The number of fused-ring (bicyclic) bond motifs is 1. The predicted octanol–water partition coefficient (Wildman–Crippen LogP) is 3.64. The van der Waals surface area contributed by atoms with Crippen LogP contribution in [0.15, 0.2) is 53.4 Å². The topological polar surface area (TPSA) is 71.4 Å². The summed E-state index contributed by atoms with van der Waals surface area (Å²) in [5.41, 5.74) is 3.40. The number of carbonyl (C=O) groups is 1. The SMILES string of the molecule is CS(=O)(=O)c1ccc(/C=C2\C=C(CC(=O)O)c3cc(F)ccc32)cc1. The molecule has 0 saturated carbocycles. The van der Waals surface area contributed by atoms with Gasteiger partial charge in [-0.3, -0.25) is 4.79 Å². The lowest BCUT2D eigenvalue weighted by atomic mass is 10.0. The maximum Gasteiger partial charge on any atom is 0.307 e. The molecule has 0 aliphatic heterocycles. The van der Waals surface area contributed by atoms with Crippen LogP contribution in [0.5, 0.6) is 0 Å². The largest absolute Gasteiger partial charge is 0.481 e. The predicted molar refractivity (Wildman–Crippen MR) is 94.1 cm³/mol. The lowest BCUT2D eigenvalue weighted by Gasteiger charge is -2.04. The highest BCUT2D eigenvalue weighted by Gasteiger charge is 2.20. The molecule has 128 valence electrons. The number of aliphatic carboxylic acids is 1. The van der Waals surface area contributed by atoms with E-state index < -0.39 is 21.6 Å². The Morgan fingerprint density at radius 2 is 1.80 bits per heavy atom. The molecule has 6 heteroatoms. The maximum absolute atomic E-state index is 13.5. The van der Waals surface area contributed by atoms with E-state index >= 15 is 0 Å². The molecule has 0 radical (unpaired) electrons.